The molecule has 1 N–H and O–H groups in total. The van der Waals surface area contributed by atoms with Gasteiger partial charge in [0.15, 0.2) is 5.65 Å². The molecule has 2 rings (SSSR count). The first-order valence-corrected chi connectivity index (χ1v) is 5.99. The van der Waals surface area contributed by atoms with Crippen molar-refractivity contribution in [2.75, 3.05) is 0 Å². The molecule has 92 valence electrons. The Morgan fingerprint density at radius 3 is 2.65 bits per heavy atom. The molecule has 2 heterocycles. The number of hydrogen-bond acceptors (Lipinski definition) is 2. The zero-order valence-corrected chi connectivity index (χ0v) is 10.9. The number of H-pyrrole nitrogens is 1. The van der Waals surface area contributed by atoms with Gasteiger partial charge in [-0.05, 0) is 23.5 Å². The fraction of sp³-hybridized carbons (Fsp3) is 0.538. The summed E-state index contributed by atoms with van der Waals surface area (Å²) in [5.74, 6) is 0.864. The zero-order valence-electron chi connectivity index (χ0n) is 10.9. The van der Waals surface area contributed by atoms with Crippen molar-refractivity contribution in [3.05, 3.63) is 33.9 Å². The molecule has 0 aliphatic rings. The predicted molar refractivity (Wildman–Crippen MR) is 68.3 cm³/mol. The van der Waals surface area contributed by atoms with Gasteiger partial charge in [-0.15, -0.1) is 0 Å². The van der Waals surface area contributed by atoms with Crippen molar-refractivity contribution >= 4 is 5.65 Å². The predicted octanol–water partition coefficient (Wildman–Crippen LogP) is 2.17. The highest BCUT2D eigenvalue weighted by atomic mass is 16.1. The van der Waals surface area contributed by atoms with Crippen LogP contribution < -0.4 is 5.56 Å². The molecule has 4 nitrogen and oxygen atoms in total. The minimum Gasteiger partial charge on any atom is -0.276 e. The Morgan fingerprint density at radius 1 is 1.35 bits per heavy atom. The summed E-state index contributed by atoms with van der Waals surface area (Å²) in [7, 11) is 0. The largest absolute Gasteiger partial charge is 0.276 e. The second-order valence-electron chi connectivity index (χ2n) is 5.66. The van der Waals surface area contributed by atoms with Crippen LogP contribution in [0.1, 0.15) is 39.1 Å². The summed E-state index contributed by atoms with van der Waals surface area (Å²) >= 11 is 0. The standard InChI is InChI=1S/C13H19N3O/c1-5-9-6-11-14-10(8-13(2,3)4)15-16(11)12(17)7-9/h6-7H,5,8H2,1-4H3,(H,14,15). The Labute approximate surface area is 101 Å². The molecular weight excluding hydrogens is 214 g/mol. The van der Waals surface area contributed by atoms with Crippen LogP contribution in [0.5, 0.6) is 0 Å². The fourth-order valence-corrected chi connectivity index (χ4v) is 1.88. The first-order valence-electron chi connectivity index (χ1n) is 5.99. The van der Waals surface area contributed by atoms with E-state index in [0.29, 0.717) is 5.65 Å². The van der Waals surface area contributed by atoms with Crippen molar-refractivity contribution in [3.8, 4) is 0 Å². The van der Waals surface area contributed by atoms with Crippen LogP contribution >= 0.6 is 0 Å². The third-order valence-corrected chi connectivity index (χ3v) is 2.67. The number of nitrogens with zero attached hydrogens (tertiary/aromatic N) is 2. The van der Waals surface area contributed by atoms with Crippen LogP contribution in [0, 0.1) is 5.41 Å². The lowest BCUT2D eigenvalue weighted by molar-refractivity contribution is 0.400. The van der Waals surface area contributed by atoms with Crippen LogP contribution in [0.25, 0.3) is 5.65 Å². The smallest absolute Gasteiger partial charge is 0.271 e. The molecule has 0 amide bonds. The van der Waals surface area contributed by atoms with Gasteiger partial charge in [0, 0.05) is 12.5 Å². The topological polar surface area (TPSA) is 50.2 Å². The SMILES string of the molecule is CCc1cc(=O)n2[nH]c(CC(C)(C)C)nc2c1. The monoisotopic (exact) mass is 233 g/mol. The van der Waals surface area contributed by atoms with E-state index >= 15 is 0 Å². The van der Waals surface area contributed by atoms with Gasteiger partial charge >= 0.3 is 0 Å². The summed E-state index contributed by atoms with van der Waals surface area (Å²) in [6.07, 6.45) is 1.68. The van der Waals surface area contributed by atoms with Crippen LogP contribution in [0.15, 0.2) is 16.9 Å². The van der Waals surface area contributed by atoms with E-state index in [2.05, 4.69) is 30.9 Å². The Hall–Kier alpha value is -1.58. The third-order valence-electron chi connectivity index (χ3n) is 2.67. The molecule has 0 aromatic carbocycles. The van der Waals surface area contributed by atoms with Gasteiger partial charge in [0.1, 0.15) is 5.82 Å². The van der Waals surface area contributed by atoms with E-state index in [9.17, 15) is 4.79 Å². The lowest BCUT2D eigenvalue weighted by Gasteiger charge is -2.15. The van der Waals surface area contributed by atoms with Crippen LogP contribution in [0.3, 0.4) is 0 Å². The van der Waals surface area contributed by atoms with Crippen molar-refractivity contribution in [3.63, 3.8) is 0 Å². The molecule has 0 aliphatic heterocycles. The van der Waals surface area contributed by atoms with Crippen LogP contribution in [0.2, 0.25) is 0 Å². The molecule has 0 bridgehead atoms. The summed E-state index contributed by atoms with van der Waals surface area (Å²) in [5, 5.41) is 3.06. The van der Waals surface area contributed by atoms with E-state index in [4.69, 9.17) is 0 Å². The fourth-order valence-electron chi connectivity index (χ4n) is 1.88. The molecule has 0 spiro atoms. The number of aromatic amines is 1. The maximum atomic E-state index is 11.8. The van der Waals surface area contributed by atoms with Crippen LogP contribution in [-0.2, 0) is 12.8 Å². The molecule has 0 aliphatic carbocycles. The molecule has 0 saturated heterocycles. The van der Waals surface area contributed by atoms with Gasteiger partial charge in [-0.1, -0.05) is 27.7 Å². The van der Waals surface area contributed by atoms with Crippen molar-refractivity contribution in [1.82, 2.24) is 14.6 Å². The molecule has 4 heteroatoms. The van der Waals surface area contributed by atoms with Crippen molar-refractivity contribution in [2.24, 2.45) is 5.41 Å². The first-order chi connectivity index (χ1) is 7.89. The van der Waals surface area contributed by atoms with E-state index in [1.165, 1.54) is 4.52 Å². The lowest BCUT2D eigenvalue weighted by Crippen LogP contribution is -2.14. The summed E-state index contributed by atoms with van der Waals surface area (Å²) in [4.78, 5) is 16.3. The minimum atomic E-state index is -0.0352. The zero-order chi connectivity index (χ0) is 12.6. The Morgan fingerprint density at radius 2 is 2.06 bits per heavy atom. The number of hydrogen-bond donors (Lipinski definition) is 1. The summed E-state index contributed by atoms with van der Waals surface area (Å²) in [6, 6.07) is 3.62. The number of pyridine rings is 1. The van der Waals surface area contributed by atoms with Crippen molar-refractivity contribution in [2.45, 2.75) is 40.5 Å². The number of rotatable bonds is 2. The second kappa shape index (κ2) is 4.02. The molecular formula is C13H19N3O. The average Bonchev–Trinajstić information content (AvgIpc) is 2.57. The van der Waals surface area contributed by atoms with E-state index in [1.54, 1.807) is 6.07 Å². The summed E-state index contributed by atoms with van der Waals surface area (Å²) in [5.41, 5.74) is 1.87. The quantitative estimate of drug-likeness (QED) is 0.864. The highest BCUT2D eigenvalue weighted by Crippen LogP contribution is 2.18. The van der Waals surface area contributed by atoms with Gasteiger partial charge in [-0.25, -0.2) is 9.50 Å². The molecule has 0 unspecified atom stereocenters. The number of aryl methyl sites for hydroxylation is 1. The molecule has 2 aromatic rings. The van der Waals surface area contributed by atoms with Gasteiger partial charge < -0.3 is 0 Å². The Kier molecular flexibility index (Phi) is 2.81. The number of fused-ring (bicyclic) bond motifs is 1. The number of aromatic nitrogens is 3. The van der Waals surface area contributed by atoms with Gasteiger partial charge in [0.2, 0.25) is 0 Å². The molecule has 0 atom stereocenters. The molecule has 2 aromatic heterocycles. The third kappa shape index (κ3) is 2.57. The maximum absolute atomic E-state index is 11.8. The van der Waals surface area contributed by atoms with Crippen molar-refractivity contribution in [1.29, 1.82) is 0 Å². The molecule has 0 fully saturated rings. The number of nitrogens with one attached hydrogen (secondary N) is 1. The maximum Gasteiger partial charge on any atom is 0.271 e. The van der Waals surface area contributed by atoms with Crippen LogP contribution in [-0.4, -0.2) is 14.6 Å². The van der Waals surface area contributed by atoms with Gasteiger partial charge in [-0.3, -0.25) is 9.89 Å². The average molecular weight is 233 g/mol. The van der Waals surface area contributed by atoms with E-state index < -0.39 is 0 Å². The molecule has 0 radical (unpaired) electrons. The van der Waals surface area contributed by atoms with E-state index in [0.717, 1.165) is 24.2 Å². The highest BCUT2D eigenvalue weighted by molar-refractivity contribution is 5.40. The minimum absolute atomic E-state index is 0.0352. The van der Waals surface area contributed by atoms with Crippen molar-refractivity contribution < 1.29 is 0 Å². The van der Waals surface area contributed by atoms with Crippen LogP contribution in [0.4, 0.5) is 0 Å². The Bertz CT molecular complexity index is 587. The highest BCUT2D eigenvalue weighted by Gasteiger charge is 2.14. The van der Waals surface area contributed by atoms with Gasteiger partial charge in [0.25, 0.3) is 5.56 Å². The lowest BCUT2D eigenvalue weighted by atomic mass is 9.92. The van der Waals surface area contributed by atoms with Gasteiger partial charge in [0.05, 0.1) is 0 Å². The first kappa shape index (κ1) is 11.9. The normalized spacial score (nSPS) is 12.2. The van der Waals surface area contributed by atoms with E-state index in [-0.39, 0.29) is 11.0 Å². The summed E-state index contributed by atoms with van der Waals surface area (Å²) in [6.45, 7) is 8.50. The second-order valence-corrected chi connectivity index (χ2v) is 5.66. The summed E-state index contributed by atoms with van der Waals surface area (Å²) < 4.78 is 1.51. The van der Waals surface area contributed by atoms with Gasteiger partial charge in [-0.2, -0.15) is 0 Å². The molecule has 0 saturated carbocycles. The molecule has 17 heavy (non-hydrogen) atoms. The Balaban J connectivity index is 2.50. The van der Waals surface area contributed by atoms with E-state index in [1.807, 2.05) is 13.0 Å².